The van der Waals surface area contributed by atoms with Crippen LogP contribution in [-0.2, 0) is 13.1 Å². The van der Waals surface area contributed by atoms with Gasteiger partial charge in [0.15, 0.2) is 0 Å². The summed E-state index contributed by atoms with van der Waals surface area (Å²) in [5.41, 5.74) is 2.57. The second-order valence-corrected chi connectivity index (χ2v) is 7.19. The topological polar surface area (TPSA) is 24.9 Å². The van der Waals surface area contributed by atoms with Crippen LogP contribution >= 0.6 is 15.9 Å². The van der Waals surface area contributed by atoms with Crippen LogP contribution in [0, 0.1) is 0 Å². The van der Waals surface area contributed by atoms with Gasteiger partial charge in [-0.1, -0.05) is 30.3 Å². The number of piperazine rings is 1. The minimum absolute atomic E-state index is 0.799. The van der Waals surface area contributed by atoms with E-state index < -0.39 is 0 Å². The molecule has 2 aromatic rings. The van der Waals surface area contributed by atoms with Crippen molar-refractivity contribution in [2.45, 2.75) is 13.1 Å². The van der Waals surface area contributed by atoms with Crippen LogP contribution in [0.15, 0.2) is 46.9 Å². The van der Waals surface area contributed by atoms with Crippen molar-refractivity contribution in [2.75, 3.05) is 40.4 Å². The quantitative estimate of drug-likeness (QED) is 0.730. The molecule has 1 aliphatic heterocycles. The first-order valence-electron chi connectivity index (χ1n) is 8.58. The molecule has 25 heavy (non-hydrogen) atoms. The number of benzene rings is 2. The highest BCUT2D eigenvalue weighted by Gasteiger charge is 2.19. The maximum absolute atomic E-state index is 5.55. The van der Waals surface area contributed by atoms with Gasteiger partial charge in [-0.15, -0.1) is 0 Å². The molecule has 0 unspecified atom stereocenters. The molecule has 0 amide bonds. The molecule has 3 rings (SSSR count). The van der Waals surface area contributed by atoms with Crippen molar-refractivity contribution in [2.24, 2.45) is 0 Å². The minimum atomic E-state index is 0.799. The zero-order chi connectivity index (χ0) is 17.6. The van der Waals surface area contributed by atoms with Crippen molar-refractivity contribution in [3.8, 4) is 11.5 Å². The van der Waals surface area contributed by atoms with Gasteiger partial charge in [-0.2, -0.15) is 0 Å². The molecule has 2 aromatic carbocycles. The van der Waals surface area contributed by atoms with Crippen LogP contribution in [-0.4, -0.2) is 50.2 Å². The SMILES string of the molecule is COc1cc(OC)c(CN2CCN(Cc3ccccc3)CC2)cc1Br. The fourth-order valence-corrected chi connectivity index (χ4v) is 3.79. The summed E-state index contributed by atoms with van der Waals surface area (Å²) in [6, 6.07) is 14.7. The summed E-state index contributed by atoms with van der Waals surface area (Å²) >= 11 is 3.57. The standard InChI is InChI=1S/C20H25BrN2O2/c1-24-19-13-20(25-2)18(21)12-17(19)15-23-10-8-22(9-11-23)14-16-6-4-3-5-7-16/h3-7,12-13H,8-11,14-15H2,1-2H3. The van der Waals surface area contributed by atoms with E-state index >= 15 is 0 Å². The third kappa shape index (κ3) is 4.75. The lowest BCUT2D eigenvalue weighted by molar-refractivity contribution is 0.121. The lowest BCUT2D eigenvalue weighted by Gasteiger charge is -2.35. The molecule has 0 atom stereocenters. The lowest BCUT2D eigenvalue weighted by Crippen LogP contribution is -2.45. The van der Waals surface area contributed by atoms with E-state index in [2.05, 4.69) is 62.1 Å². The van der Waals surface area contributed by atoms with E-state index in [4.69, 9.17) is 9.47 Å². The van der Waals surface area contributed by atoms with Crippen molar-refractivity contribution in [3.63, 3.8) is 0 Å². The van der Waals surface area contributed by atoms with E-state index in [1.807, 2.05) is 6.07 Å². The molecule has 0 saturated carbocycles. The molecule has 0 spiro atoms. The van der Waals surface area contributed by atoms with E-state index in [-0.39, 0.29) is 0 Å². The molecule has 0 bridgehead atoms. The number of hydrogen-bond acceptors (Lipinski definition) is 4. The van der Waals surface area contributed by atoms with Crippen LogP contribution in [0.3, 0.4) is 0 Å². The smallest absolute Gasteiger partial charge is 0.136 e. The number of hydrogen-bond donors (Lipinski definition) is 0. The molecule has 0 aromatic heterocycles. The van der Waals surface area contributed by atoms with Gasteiger partial charge < -0.3 is 9.47 Å². The van der Waals surface area contributed by atoms with Crippen LogP contribution in [0.2, 0.25) is 0 Å². The largest absolute Gasteiger partial charge is 0.496 e. The molecule has 0 radical (unpaired) electrons. The fraction of sp³-hybridized carbons (Fsp3) is 0.400. The van der Waals surface area contributed by atoms with E-state index in [0.29, 0.717) is 0 Å². The monoisotopic (exact) mass is 404 g/mol. The van der Waals surface area contributed by atoms with E-state index in [0.717, 1.165) is 55.2 Å². The van der Waals surface area contributed by atoms with E-state index in [1.165, 1.54) is 11.1 Å². The molecule has 1 heterocycles. The number of rotatable bonds is 6. The normalized spacial score (nSPS) is 16.0. The molecule has 0 N–H and O–H groups in total. The third-order valence-corrected chi connectivity index (χ3v) is 5.28. The summed E-state index contributed by atoms with van der Waals surface area (Å²) in [7, 11) is 3.38. The van der Waals surface area contributed by atoms with Gasteiger partial charge in [0.05, 0.1) is 18.7 Å². The number of halogens is 1. The molecule has 1 saturated heterocycles. The van der Waals surface area contributed by atoms with Gasteiger partial charge in [0.2, 0.25) is 0 Å². The Morgan fingerprint density at radius 2 is 1.44 bits per heavy atom. The maximum atomic E-state index is 5.55. The van der Waals surface area contributed by atoms with Gasteiger partial charge in [-0.3, -0.25) is 9.80 Å². The highest BCUT2D eigenvalue weighted by molar-refractivity contribution is 9.10. The molecular formula is C20H25BrN2O2. The zero-order valence-electron chi connectivity index (χ0n) is 14.9. The zero-order valence-corrected chi connectivity index (χ0v) is 16.5. The summed E-state index contributed by atoms with van der Waals surface area (Å²) < 4.78 is 11.9. The maximum Gasteiger partial charge on any atom is 0.136 e. The predicted octanol–water partition coefficient (Wildman–Crippen LogP) is 3.78. The Labute approximate surface area is 158 Å². The number of ether oxygens (including phenoxy) is 2. The van der Waals surface area contributed by atoms with Crippen LogP contribution in [0.1, 0.15) is 11.1 Å². The van der Waals surface area contributed by atoms with Crippen LogP contribution < -0.4 is 9.47 Å². The van der Waals surface area contributed by atoms with Gasteiger partial charge in [0.1, 0.15) is 11.5 Å². The van der Waals surface area contributed by atoms with Crippen LogP contribution in [0.25, 0.3) is 0 Å². The summed E-state index contributed by atoms with van der Waals surface area (Å²) in [5, 5.41) is 0. The van der Waals surface area contributed by atoms with Crippen molar-refractivity contribution in [1.82, 2.24) is 9.80 Å². The van der Waals surface area contributed by atoms with Crippen molar-refractivity contribution < 1.29 is 9.47 Å². The van der Waals surface area contributed by atoms with Gasteiger partial charge in [0, 0.05) is 50.9 Å². The number of nitrogens with zero attached hydrogens (tertiary/aromatic N) is 2. The Kier molecular flexibility index (Phi) is 6.34. The Hall–Kier alpha value is -1.56. The van der Waals surface area contributed by atoms with Crippen molar-refractivity contribution >= 4 is 15.9 Å². The average molecular weight is 405 g/mol. The first-order chi connectivity index (χ1) is 12.2. The second-order valence-electron chi connectivity index (χ2n) is 6.34. The molecular weight excluding hydrogens is 380 g/mol. The molecule has 4 nitrogen and oxygen atoms in total. The predicted molar refractivity (Wildman–Crippen MR) is 104 cm³/mol. The molecule has 0 aliphatic carbocycles. The first kappa shape index (κ1) is 18.2. The van der Waals surface area contributed by atoms with Crippen LogP contribution in [0.5, 0.6) is 11.5 Å². The summed E-state index contributed by atoms with van der Waals surface area (Å²) in [6.45, 7) is 6.25. The molecule has 1 aliphatic rings. The first-order valence-corrected chi connectivity index (χ1v) is 9.38. The fourth-order valence-electron chi connectivity index (χ4n) is 3.23. The summed E-state index contributed by atoms with van der Waals surface area (Å²) in [4.78, 5) is 5.01. The van der Waals surface area contributed by atoms with E-state index in [1.54, 1.807) is 14.2 Å². The minimum Gasteiger partial charge on any atom is -0.496 e. The van der Waals surface area contributed by atoms with Crippen LogP contribution in [0.4, 0.5) is 0 Å². The Morgan fingerprint density at radius 1 is 0.840 bits per heavy atom. The Bertz CT molecular complexity index is 686. The highest BCUT2D eigenvalue weighted by Crippen LogP contribution is 2.33. The molecule has 5 heteroatoms. The summed E-state index contributed by atoms with van der Waals surface area (Å²) in [6.07, 6.45) is 0. The van der Waals surface area contributed by atoms with Gasteiger partial charge in [-0.25, -0.2) is 0 Å². The Balaban J connectivity index is 1.58. The highest BCUT2D eigenvalue weighted by atomic mass is 79.9. The van der Waals surface area contributed by atoms with Gasteiger partial charge >= 0.3 is 0 Å². The second kappa shape index (κ2) is 8.70. The third-order valence-electron chi connectivity index (χ3n) is 4.66. The van der Waals surface area contributed by atoms with Gasteiger partial charge in [0.25, 0.3) is 0 Å². The average Bonchev–Trinajstić information content (AvgIpc) is 2.64. The molecule has 1 fully saturated rings. The van der Waals surface area contributed by atoms with Gasteiger partial charge in [-0.05, 0) is 27.6 Å². The van der Waals surface area contributed by atoms with Crippen molar-refractivity contribution in [3.05, 3.63) is 58.1 Å². The van der Waals surface area contributed by atoms with E-state index in [9.17, 15) is 0 Å². The summed E-state index contributed by atoms with van der Waals surface area (Å²) in [5.74, 6) is 1.68. The lowest BCUT2D eigenvalue weighted by atomic mass is 10.1. The Morgan fingerprint density at radius 3 is 2.04 bits per heavy atom. The number of methoxy groups -OCH3 is 2. The molecule has 134 valence electrons. The van der Waals surface area contributed by atoms with Crippen molar-refractivity contribution in [1.29, 1.82) is 0 Å².